The van der Waals surface area contributed by atoms with Gasteiger partial charge in [0.05, 0.1) is 10.5 Å². The van der Waals surface area contributed by atoms with Crippen LogP contribution >= 0.6 is 24.0 Å². The Hall–Kier alpha value is -1.86. The van der Waals surface area contributed by atoms with Gasteiger partial charge in [-0.3, -0.25) is 10.1 Å². The number of halogens is 1. The molecule has 0 bridgehead atoms. The molecule has 0 saturated heterocycles. The second-order valence-electron chi connectivity index (χ2n) is 4.21. The molecule has 2 atom stereocenters. The number of hydrogen-bond donors (Lipinski definition) is 2. The first-order valence-corrected chi connectivity index (χ1v) is 8.01. The fourth-order valence-electron chi connectivity index (χ4n) is 1.69. The minimum Gasteiger partial charge on any atom is -0.457 e. The van der Waals surface area contributed by atoms with Gasteiger partial charge in [0.2, 0.25) is 0 Å². The van der Waals surface area contributed by atoms with E-state index in [1.165, 1.54) is 12.1 Å². The lowest BCUT2D eigenvalue weighted by Crippen LogP contribution is -1.99. The molecule has 0 fully saturated rings. The van der Waals surface area contributed by atoms with Crippen LogP contribution in [-0.4, -0.2) is 14.9 Å². The van der Waals surface area contributed by atoms with Crippen molar-refractivity contribution >= 4 is 29.6 Å². The van der Waals surface area contributed by atoms with E-state index in [-0.39, 0.29) is 17.0 Å². The number of nitrogens with zero attached hydrogens (tertiary/aromatic N) is 1. The first kappa shape index (κ1) is 16.5. The molecule has 0 aliphatic heterocycles. The van der Waals surface area contributed by atoms with Gasteiger partial charge in [-0.2, -0.15) is 4.89 Å². The lowest BCUT2D eigenvalue weighted by Gasteiger charge is -2.10. The quantitative estimate of drug-likeness (QED) is 0.458. The van der Waals surface area contributed by atoms with Crippen LogP contribution in [0.15, 0.2) is 46.9 Å². The first-order valence-electron chi connectivity index (χ1n) is 5.93. The molecule has 2 aromatic carbocycles. The molecule has 0 heterocycles. The predicted octanol–water partition coefficient (Wildman–Crippen LogP) is 3.88. The number of non-ortho nitro benzene ring substituents is 1. The Labute approximate surface area is 134 Å². The van der Waals surface area contributed by atoms with Crippen LogP contribution in [0.2, 0.25) is 0 Å². The third-order valence-electron chi connectivity index (χ3n) is 2.73. The Bertz CT molecular complexity index is 721. The number of nitro benzene ring substituents is 1. The van der Waals surface area contributed by atoms with Crippen LogP contribution in [0.3, 0.4) is 0 Å². The van der Waals surface area contributed by atoms with E-state index in [1.54, 1.807) is 24.3 Å². The molecule has 0 spiro atoms. The minimum absolute atomic E-state index is 0.0674. The van der Waals surface area contributed by atoms with Gasteiger partial charge in [0, 0.05) is 16.6 Å². The van der Waals surface area contributed by atoms with Gasteiger partial charge in [0.25, 0.3) is 5.69 Å². The lowest BCUT2D eigenvalue weighted by molar-refractivity contribution is -0.385. The zero-order valence-electron chi connectivity index (χ0n) is 10.9. The van der Waals surface area contributed by atoms with E-state index in [9.17, 15) is 19.8 Å². The summed E-state index contributed by atoms with van der Waals surface area (Å²) in [6, 6.07) is 10.2. The molecule has 2 N–H and O–H groups in total. The normalized spacial score (nSPS) is 12.6. The maximum absolute atomic E-state index is 11.1. The molecular weight excluding hydrogens is 377 g/mol. The first-order chi connectivity index (χ1) is 10.4. The summed E-state index contributed by atoms with van der Waals surface area (Å²) >= 11 is 3.27. The van der Waals surface area contributed by atoms with E-state index < -0.39 is 18.8 Å². The van der Waals surface area contributed by atoms with Crippen molar-refractivity contribution in [3.63, 3.8) is 0 Å². The topological polar surface area (TPSA) is 110 Å². The number of aliphatic hydroxyl groups is 1. The van der Waals surface area contributed by atoms with Crippen molar-refractivity contribution in [3.8, 4) is 11.5 Å². The molecule has 0 aliphatic rings. The monoisotopic (exact) mass is 386 g/mol. The highest BCUT2D eigenvalue weighted by Crippen LogP contribution is 2.42. The van der Waals surface area contributed by atoms with E-state index in [4.69, 9.17) is 9.63 Å². The minimum atomic E-state index is -2.97. The number of rotatable bonds is 5. The largest absolute Gasteiger partial charge is 0.543 e. The van der Waals surface area contributed by atoms with Gasteiger partial charge in [-0.05, 0) is 34.9 Å². The van der Waals surface area contributed by atoms with Gasteiger partial charge in [-0.25, -0.2) is 0 Å². The molecule has 9 heteroatoms. The highest BCUT2D eigenvalue weighted by atomic mass is 79.9. The van der Waals surface area contributed by atoms with Crippen molar-refractivity contribution in [3.05, 3.63) is 62.6 Å². The summed E-state index contributed by atoms with van der Waals surface area (Å²) in [4.78, 5) is 19.2. The Balaban J connectivity index is 2.42. The highest BCUT2D eigenvalue weighted by Gasteiger charge is 2.33. The lowest BCUT2D eigenvalue weighted by atomic mass is 10.2. The van der Waals surface area contributed by atoms with Gasteiger partial charge < -0.3 is 9.84 Å². The van der Waals surface area contributed by atoms with Crippen molar-refractivity contribution < 1.29 is 24.2 Å². The maximum atomic E-state index is 11.1. The molecule has 2 rings (SSSR count). The fourth-order valence-corrected chi connectivity index (χ4v) is 2.40. The number of benzene rings is 2. The van der Waals surface area contributed by atoms with Gasteiger partial charge >= 0.3 is 13.9 Å². The summed E-state index contributed by atoms with van der Waals surface area (Å²) in [7, 11) is -2.97. The van der Waals surface area contributed by atoms with Crippen molar-refractivity contribution in [2.45, 2.75) is 5.85 Å². The number of nitro groups is 1. The molecule has 0 radical (unpaired) electrons. The van der Waals surface area contributed by atoms with Crippen molar-refractivity contribution in [1.29, 1.82) is 0 Å². The van der Waals surface area contributed by atoms with Crippen LogP contribution in [0.25, 0.3) is 0 Å². The van der Waals surface area contributed by atoms with Gasteiger partial charge in [0.15, 0.2) is 0 Å². The Morgan fingerprint density at radius 1 is 1.23 bits per heavy atom. The SMILES string of the molecule is O=[N+]([O-])c1ccc(Oc2ccc(Br)cc2)c(C(O)[P+](=O)O)c1. The standard InChI is InChI=1S/C13H9BrNO6P/c14-8-1-4-10(5-2-8)21-12-6-3-9(15(17)18)7-11(12)13(16)22(19)20/h1-7,13,16H/p+1. The van der Waals surface area contributed by atoms with Crippen LogP contribution in [0, 0.1) is 10.1 Å². The number of aliphatic hydroxyl groups excluding tert-OH is 1. The average Bonchev–Trinajstić information content (AvgIpc) is 2.49. The van der Waals surface area contributed by atoms with E-state index in [2.05, 4.69) is 15.9 Å². The van der Waals surface area contributed by atoms with E-state index in [1.807, 2.05) is 0 Å². The average molecular weight is 387 g/mol. The zero-order valence-corrected chi connectivity index (χ0v) is 13.4. The third-order valence-corrected chi connectivity index (χ3v) is 3.96. The van der Waals surface area contributed by atoms with Gasteiger partial charge in [0.1, 0.15) is 11.5 Å². The summed E-state index contributed by atoms with van der Waals surface area (Å²) in [6.45, 7) is 0. The molecule has 7 nitrogen and oxygen atoms in total. The van der Waals surface area contributed by atoms with Gasteiger partial charge in [-0.15, -0.1) is 0 Å². The van der Waals surface area contributed by atoms with Crippen molar-refractivity contribution in [2.75, 3.05) is 0 Å². The fraction of sp³-hybridized carbons (Fsp3) is 0.0769. The second kappa shape index (κ2) is 6.93. The van der Waals surface area contributed by atoms with Crippen LogP contribution in [0.1, 0.15) is 11.4 Å². The summed E-state index contributed by atoms with van der Waals surface area (Å²) < 4.78 is 17.5. The smallest absolute Gasteiger partial charge is 0.457 e. The van der Waals surface area contributed by atoms with Crippen molar-refractivity contribution in [1.82, 2.24) is 0 Å². The molecular formula is C13H10BrNO6P+. The molecule has 22 heavy (non-hydrogen) atoms. The van der Waals surface area contributed by atoms with Crippen LogP contribution in [0.4, 0.5) is 5.69 Å². The Kier molecular flexibility index (Phi) is 5.20. The van der Waals surface area contributed by atoms with E-state index in [0.717, 1.165) is 10.5 Å². The summed E-state index contributed by atoms with van der Waals surface area (Å²) in [5.74, 6) is -1.29. The highest BCUT2D eigenvalue weighted by molar-refractivity contribution is 9.10. The maximum Gasteiger partial charge on any atom is 0.543 e. The van der Waals surface area contributed by atoms with Crippen LogP contribution in [0.5, 0.6) is 11.5 Å². The molecule has 0 aliphatic carbocycles. The van der Waals surface area contributed by atoms with E-state index >= 15 is 0 Å². The molecule has 0 aromatic heterocycles. The predicted molar refractivity (Wildman–Crippen MR) is 82.1 cm³/mol. The van der Waals surface area contributed by atoms with Crippen LogP contribution < -0.4 is 4.74 Å². The molecule has 0 saturated carbocycles. The zero-order chi connectivity index (χ0) is 16.3. The summed E-state index contributed by atoms with van der Waals surface area (Å²) in [5.41, 5.74) is -0.435. The molecule has 114 valence electrons. The van der Waals surface area contributed by atoms with Crippen LogP contribution in [-0.2, 0) is 4.57 Å². The molecule has 0 amide bonds. The molecule has 2 unspecified atom stereocenters. The summed E-state index contributed by atoms with van der Waals surface area (Å²) in [5, 5.41) is 20.6. The second-order valence-corrected chi connectivity index (χ2v) is 6.22. The number of hydrogen-bond acceptors (Lipinski definition) is 5. The van der Waals surface area contributed by atoms with Gasteiger partial charge in [-0.1, -0.05) is 15.9 Å². The third kappa shape index (κ3) is 3.86. The van der Waals surface area contributed by atoms with E-state index in [0.29, 0.717) is 5.75 Å². The Morgan fingerprint density at radius 2 is 1.86 bits per heavy atom. The van der Waals surface area contributed by atoms with Crippen molar-refractivity contribution in [2.24, 2.45) is 0 Å². The summed E-state index contributed by atoms with van der Waals surface area (Å²) in [6.07, 6.45) is 0. The Morgan fingerprint density at radius 3 is 2.41 bits per heavy atom. The molecule has 2 aromatic rings. The number of ether oxygens (including phenoxy) is 1.